The maximum Gasteiger partial charge on any atom is 0.417 e. The smallest absolute Gasteiger partial charge is 0.396 e. The molecule has 0 saturated carbocycles. The monoisotopic (exact) mass is 582 g/mol. The predicted octanol–water partition coefficient (Wildman–Crippen LogP) is 6.04. The predicted molar refractivity (Wildman–Crippen MR) is 138 cm³/mol. The van der Waals surface area contributed by atoms with Crippen LogP contribution in [0.25, 0.3) is 0 Å². The molecule has 7 nitrogen and oxygen atoms in total. The summed E-state index contributed by atoms with van der Waals surface area (Å²) in [6, 6.07) is 8.17. The number of rotatable bonds is 9. The minimum Gasteiger partial charge on any atom is -0.396 e. The quantitative estimate of drug-likeness (QED) is 0.139. The number of carbonyl (C=O) groups excluding carboxylic acids is 2. The second kappa shape index (κ2) is 11.0. The Morgan fingerprint density at radius 1 is 1.19 bits per heavy atom. The lowest BCUT2D eigenvalue weighted by molar-refractivity contribution is -0.137. The van der Waals surface area contributed by atoms with E-state index in [0.717, 1.165) is 18.2 Å². The number of nitrogens with two attached hydrogens (primary N) is 1. The number of benzene rings is 1. The van der Waals surface area contributed by atoms with E-state index >= 15 is 0 Å². The molecule has 0 radical (unpaired) electrons. The Morgan fingerprint density at radius 2 is 1.89 bits per heavy atom. The summed E-state index contributed by atoms with van der Waals surface area (Å²) in [6.07, 6.45) is -2.02. The third kappa shape index (κ3) is 7.05. The third-order valence-electron chi connectivity index (χ3n) is 5.24. The first kappa shape index (κ1) is 27.6. The van der Waals surface area contributed by atoms with Crippen molar-refractivity contribution in [2.75, 3.05) is 17.7 Å². The standard InChI is InChI=1S/C24H26BrF3N4O3Si/c1-36(2,3)9-8-35-14-32-13-15(22(33)16-6-4-5-7-17(16)24(26,27)28)10-20(32)23(34)31-19-11-21(25)30-12-18(19)29/h4-7,10-13H,8-9,14,29H2,1-3H3,(H,30,31,34). The van der Waals surface area contributed by atoms with Gasteiger partial charge in [-0.05, 0) is 40.2 Å². The maximum atomic E-state index is 13.5. The molecule has 12 heteroatoms. The molecule has 0 aliphatic rings. The number of anilines is 2. The van der Waals surface area contributed by atoms with E-state index in [4.69, 9.17) is 10.5 Å². The van der Waals surface area contributed by atoms with E-state index < -0.39 is 37.1 Å². The van der Waals surface area contributed by atoms with E-state index in [2.05, 4.69) is 45.9 Å². The lowest BCUT2D eigenvalue weighted by Crippen LogP contribution is -2.23. The normalized spacial score (nSPS) is 12.0. The number of aromatic nitrogens is 2. The zero-order valence-corrected chi connectivity index (χ0v) is 22.5. The molecule has 0 unspecified atom stereocenters. The maximum absolute atomic E-state index is 13.5. The topological polar surface area (TPSA) is 99.2 Å². The Kier molecular flexibility index (Phi) is 8.42. The second-order valence-corrected chi connectivity index (χ2v) is 15.8. The number of carbonyl (C=O) groups is 2. The van der Waals surface area contributed by atoms with Crippen molar-refractivity contribution in [3.8, 4) is 0 Å². The van der Waals surface area contributed by atoms with Gasteiger partial charge in [0.15, 0.2) is 5.78 Å². The number of ether oxygens (including phenoxy) is 1. The molecule has 1 amide bonds. The van der Waals surface area contributed by atoms with Gasteiger partial charge >= 0.3 is 6.18 Å². The molecule has 1 aromatic carbocycles. The van der Waals surface area contributed by atoms with Crippen molar-refractivity contribution in [3.05, 3.63) is 75.8 Å². The number of hydrogen-bond acceptors (Lipinski definition) is 5. The molecule has 0 saturated heterocycles. The number of hydrogen-bond donors (Lipinski definition) is 2. The number of ketones is 1. The van der Waals surface area contributed by atoms with Gasteiger partial charge in [-0.25, -0.2) is 4.98 Å². The fourth-order valence-electron chi connectivity index (χ4n) is 3.29. The zero-order valence-electron chi connectivity index (χ0n) is 19.9. The number of halogens is 4. The summed E-state index contributed by atoms with van der Waals surface area (Å²) in [5.41, 5.74) is 4.80. The Bertz CT molecular complexity index is 1270. The molecule has 2 heterocycles. The Labute approximate surface area is 216 Å². The van der Waals surface area contributed by atoms with Crippen molar-refractivity contribution >= 4 is 47.1 Å². The van der Waals surface area contributed by atoms with E-state index in [1.807, 2.05) is 0 Å². The average molecular weight is 583 g/mol. The summed E-state index contributed by atoms with van der Waals surface area (Å²) in [7, 11) is -1.37. The first-order chi connectivity index (χ1) is 16.8. The molecule has 0 aliphatic heterocycles. The van der Waals surface area contributed by atoms with Crippen LogP contribution < -0.4 is 11.1 Å². The molecule has 3 N–H and O–H groups in total. The van der Waals surface area contributed by atoms with E-state index in [0.29, 0.717) is 11.2 Å². The van der Waals surface area contributed by atoms with Crippen LogP contribution in [0, 0.1) is 0 Å². The summed E-state index contributed by atoms with van der Waals surface area (Å²) >= 11 is 3.21. The fraction of sp³-hybridized carbons (Fsp3) is 0.292. The third-order valence-corrected chi connectivity index (χ3v) is 7.38. The van der Waals surface area contributed by atoms with Gasteiger partial charge in [0, 0.05) is 32.0 Å². The van der Waals surface area contributed by atoms with Crippen molar-refractivity contribution in [3.63, 3.8) is 0 Å². The lowest BCUT2D eigenvalue weighted by atomic mass is 9.99. The van der Waals surface area contributed by atoms with Crippen LogP contribution in [-0.4, -0.2) is 35.9 Å². The molecule has 0 aliphatic carbocycles. The molecule has 192 valence electrons. The van der Waals surface area contributed by atoms with E-state index in [9.17, 15) is 22.8 Å². The molecule has 0 spiro atoms. The molecule has 36 heavy (non-hydrogen) atoms. The van der Waals surface area contributed by atoms with Gasteiger partial charge in [0.25, 0.3) is 5.91 Å². The zero-order chi connectivity index (χ0) is 26.7. The van der Waals surface area contributed by atoms with Gasteiger partial charge in [-0.1, -0.05) is 37.8 Å². The van der Waals surface area contributed by atoms with Crippen molar-refractivity contribution < 1.29 is 27.5 Å². The van der Waals surface area contributed by atoms with Crippen molar-refractivity contribution in [1.29, 1.82) is 0 Å². The highest BCUT2D eigenvalue weighted by Crippen LogP contribution is 2.33. The number of nitrogens with one attached hydrogen (secondary N) is 1. The van der Waals surface area contributed by atoms with Crippen LogP contribution in [0.1, 0.15) is 32.0 Å². The van der Waals surface area contributed by atoms with Crippen LogP contribution in [0.3, 0.4) is 0 Å². The van der Waals surface area contributed by atoms with Gasteiger partial charge in [0.2, 0.25) is 0 Å². The first-order valence-electron chi connectivity index (χ1n) is 11.0. The van der Waals surface area contributed by atoms with Gasteiger partial charge in [0.05, 0.1) is 23.1 Å². The molecule has 3 aromatic rings. The van der Waals surface area contributed by atoms with Gasteiger partial charge in [-0.3, -0.25) is 9.59 Å². The minimum atomic E-state index is -4.71. The number of alkyl halides is 3. The molecule has 3 rings (SSSR count). The van der Waals surface area contributed by atoms with Crippen LogP contribution in [0.5, 0.6) is 0 Å². The highest BCUT2D eigenvalue weighted by atomic mass is 79.9. The number of amides is 1. The van der Waals surface area contributed by atoms with E-state index in [1.165, 1.54) is 41.2 Å². The van der Waals surface area contributed by atoms with Gasteiger partial charge < -0.3 is 20.4 Å². The summed E-state index contributed by atoms with van der Waals surface area (Å²) < 4.78 is 48.1. The SMILES string of the molecule is C[Si](C)(C)CCOCn1cc(C(=O)c2ccccc2C(F)(F)F)cc1C(=O)Nc1cc(Br)ncc1N. The van der Waals surface area contributed by atoms with Crippen LogP contribution >= 0.6 is 15.9 Å². The largest absolute Gasteiger partial charge is 0.417 e. The van der Waals surface area contributed by atoms with Crippen LogP contribution in [-0.2, 0) is 17.6 Å². The van der Waals surface area contributed by atoms with Crippen LogP contribution in [0.15, 0.2) is 53.4 Å². The number of pyridine rings is 1. The Balaban J connectivity index is 1.95. The van der Waals surface area contributed by atoms with E-state index in [1.54, 1.807) is 0 Å². The van der Waals surface area contributed by atoms with E-state index in [-0.39, 0.29) is 29.4 Å². The first-order valence-corrected chi connectivity index (χ1v) is 15.5. The van der Waals surface area contributed by atoms with Crippen LogP contribution in [0.4, 0.5) is 24.5 Å². The molecule has 0 atom stereocenters. The summed E-state index contributed by atoms with van der Waals surface area (Å²) in [4.78, 5) is 30.2. The fourth-order valence-corrected chi connectivity index (χ4v) is 4.38. The molecule has 0 fully saturated rings. The Hall–Kier alpha value is -2.96. The van der Waals surface area contributed by atoms with Gasteiger partial charge in [0.1, 0.15) is 17.0 Å². The van der Waals surface area contributed by atoms with Gasteiger partial charge in [-0.15, -0.1) is 0 Å². The molecular weight excluding hydrogens is 557 g/mol. The summed E-state index contributed by atoms with van der Waals surface area (Å²) in [5.74, 6) is -1.47. The molecular formula is C24H26BrF3N4O3Si. The summed E-state index contributed by atoms with van der Waals surface area (Å²) in [6.45, 7) is 6.96. The van der Waals surface area contributed by atoms with Gasteiger partial charge in [-0.2, -0.15) is 13.2 Å². The second-order valence-electron chi connectivity index (χ2n) is 9.35. The average Bonchev–Trinajstić information content (AvgIpc) is 3.22. The number of nitrogen functional groups attached to an aromatic ring is 1. The molecule has 2 aromatic heterocycles. The molecule has 0 bridgehead atoms. The number of nitrogens with zero attached hydrogens (tertiary/aromatic N) is 2. The highest BCUT2D eigenvalue weighted by Gasteiger charge is 2.35. The summed E-state index contributed by atoms with van der Waals surface area (Å²) in [5, 5.41) is 2.66. The van der Waals surface area contributed by atoms with Crippen molar-refractivity contribution in [2.45, 2.75) is 38.6 Å². The van der Waals surface area contributed by atoms with Crippen molar-refractivity contribution in [2.24, 2.45) is 0 Å². The van der Waals surface area contributed by atoms with Crippen LogP contribution in [0.2, 0.25) is 25.7 Å². The minimum absolute atomic E-state index is 0.0307. The Morgan fingerprint density at radius 3 is 2.56 bits per heavy atom. The highest BCUT2D eigenvalue weighted by molar-refractivity contribution is 9.10. The lowest BCUT2D eigenvalue weighted by Gasteiger charge is -2.16. The van der Waals surface area contributed by atoms with Crippen molar-refractivity contribution in [1.82, 2.24) is 9.55 Å².